The van der Waals surface area contributed by atoms with Gasteiger partial charge in [-0.15, -0.1) is 0 Å². The second-order valence-corrected chi connectivity index (χ2v) is 3.92. The number of nitrogens with zero attached hydrogens (tertiary/aromatic N) is 1. The van der Waals surface area contributed by atoms with Crippen molar-refractivity contribution in [1.29, 1.82) is 0 Å². The average Bonchev–Trinajstić information content (AvgIpc) is 2.15. The van der Waals surface area contributed by atoms with Crippen LogP contribution >= 0.6 is 11.9 Å². The summed E-state index contributed by atoms with van der Waals surface area (Å²) in [4.78, 5) is 15.1. The van der Waals surface area contributed by atoms with Gasteiger partial charge in [0.15, 0.2) is 0 Å². The molecule has 0 aliphatic rings. The molecule has 4 N–H and O–H groups in total. The van der Waals surface area contributed by atoms with Gasteiger partial charge < -0.3 is 15.8 Å². The lowest BCUT2D eigenvalue weighted by Gasteiger charge is -2.19. The third-order valence-electron chi connectivity index (χ3n) is 2.00. The molecule has 15 heavy (non-hydrogen) atoms. The highest BCUT2D eigenvalue weighted by molar-refractivity contribution is 6.14. The standard InChI is InChI=1S/C9H18ClN3O2/c1-7(11)13-6-4-3-5-9(2,12)8(14)15-10/h3-6,12H2,1-2H3,(H2,11,13)/t9-/m0/s1. The zero-order chi connectivity index (χ0) is 11.9. The molecule has 0 amide bonds. The van der Waals surface area contributed by atoms with Crippen LogP contribution in [0.3, 0.4) is 0 Å². The molecule has 6 heteroatoms. The number of carbonyl (C=O) groups is 1. The molecule has 0 aromatic carbocycles. The Morgan fingerprint density at radius 1 is 1.53 bits per heavy atom. The molecule has 1 atom stereocenters. The Morgan fingerprint density at radius 2 is 2.13 bits per heavy atom. The first-order chi connectivity index (χ1) is 6.90. The summed E-state index contributed by atoms with van der Waals surface area (Å²) in [6.45, 7) is 3.97. The molecule has 5 nitrogen and oxygen atoms in total. The Balaban J connectivity index is 3.76. The molecule has 0 unspecified atom stereocenters. The van der Waals surface area contributed by atoms with Crippen molar-refractivity contribution in [1.82, 2.24) is 0 Å². The van der Waals surface area contributed by atoms with Gasteiger partial charge in [-0.05, 0) is 33.1 Å². The quantitative estimate of drug-likeness (QED) is 0.407. The predicted molar refractivity (Wildman–Crippen MR) is 60.6 cm³/mol. The van der Waals surface area contributed by atoms with Gasteiger partial charge in [0, 0.05) is 6.54 Å². The van der Waals surface area contributed by atoms with Gasteiger partial charge in [0.1, 0.15) is 17.4 Å². The summed E-state index contributed by atoms with van der Waals surface area (Å²) >= 11 is 4.95. The van der Waals surface area contributed by atoms with Gasteiger partial charge in [0.25, 0.3) is 0 Å². The normalized spacial score (nSPS) is 15.9. The van der Waals surface area contributed by atoms with Crippen molar-refractivity contribution in [2.24, 2.45) is 16.5 Å². The largest absolute Gasteiger partial charge is 0.388 e. The van der Waals surface area contributed by atoms with Gasteiger partial charge >= 0.3 is 5.97 Å². The molecular formula is C9H18ClN3O2. The van der Waals surface area contributed by atoms with Crippen LogP contribution in [-0.4, -0.2) is 23.9 Å². The molecule has 0 saturated carbocycles. The number of carbonyl (C=O) groups excluding carboxylic acids is 1. The smallest absolute Gasteiger partial charge is 0.344 e. The van der Waals surface area contributed by atoms with Gasteiger partial charge in [-0.3, -0.25) is 4.99 Å². The average molecular weight is 236 g/mol. The van der Waals surface area contributed by atoms with E-state index in [1.54, 1.807) is 13.8 Å². The van der Waals surface area contributed by atoms with Crippen molar-refractivity contribution < 1.29 is 9.08 Å². The molecule has 0 rings (SSSR count). The van der Waals surface area contributed by atoms with E-state index in [-0.39, 0.29) is 0 Å². The van der Waals surface area contributed by atoms with Gasteiger partial charge in [-0.1, -0.05) is 0 Å². The molecule has 0 saturated heterocycles. The van der Waals surface area contributed by atoms with Gasteiger partial charge in [0.05, 0.1) is 5.84 Å². The fraction of sp³-hybridized carbons (Fsp3) is 0.778. The third kappa shape index (κ3) is 6.30. The summed E-state index contributed by atoms with van der Waals surface area (Å²) in [5, 5.41) is 0. The maximum Gasteiger partial charge on any atom is 0.344 e. The summed E-state index contributed by atoms with van der Waals surface area (Å²) in [7, 11) is 0. The van der Waals surface area contributed by atoms with Crippen LogP contribution in [0.15, 0.2) is 4.99 Å². The number of hydrogen-bond acceptors (Lipinski definition) is 4. The van der Waals surface area contributed by atoms with Crippen LogP contribution in [0.2, 0.25) is 0 Å². The van der Waals surface area contributed by atoms with Crippen molar-refractivity contribution in [2.75, 3.05) is 6.54 Å². The molecule has 88 valence electrons. The molecule has 0 aromatic heterocycles. The van der Waals surface area contributed by atoms with Gasteiger partial charge in [-0.2, -0.15) is 0 Å². The molecule has 0 bridgehead atoms. The summed E-state index contributed by atoms with van der Waals surface area (Å²) in [5.74, 6) is -0.0478. The van der Waals surface area contributed by atoms with Crippen molar-refractivity contribution in [3.05, 3.63) is 0 Å². The number of halogens is 1. The number of rotatable bonds is 6. The Kier molecular flexibility index (Phi) is 6.27. The van der Waals surface area contributed by atoms with E-state index in [1.165, 1.54) is 0 Å². The van der Waals surface area contributed by atoms with Gasteiger partial charge in [0.2, 0.25) is 0 Å². The Hall–Kier alpha value is -0.810. The lowest BCUT2D eigenvalue weighted by molar-refractivity contribution is -0.139. The van der Waals surface area contributed by atoms with E-state index < -0.39 is 11.5 Å². The zero-order valence-electron chi connectivity index (χ0n) is 9.12. The zero-order valence-corrected chi connectivity index (χ0v) is 9.88. The maximum absolute atomic E-state index is 11.1. The Bertz CT molecular complexity index is 238. The van der Waals surface area contributed by atoms with Crippen LogP contribution in [0.1, 0.15) is 33.1 Å². The molecule has 0 aromatic rings. The van der Waals surface area contributed by atoms with E-state index >= 15 is 0 Å². The lowest BCUT2D eigenvalue weighted by Crippen LogP contribution is -2.45. The Labute approximate surface area is 95.0 Å². The maximum atomic E-state index is 11.1. The number of amidine groups is 1. The minimum atomic E-state index is -1.02. The SMILES string of the molecule is CC(N)=NCCCC[C@](C)(N)C(=O)OCl. The Morgan fingerprint density at radius 3 is 2.60 bits per heavy atom. The molecule has 0 aliphatic heterocycles. The van der Waals surface area contributed by atoms with Crippen LogP contribution in [0.5, 0.6) is 0 Å². The van der Waals surface area contributed by atoms with E-state index in [1.807, 2.05) is 0 Å². The molecule has 0 heterocycles. The van der Waals surface area contributed by atoms with Crippen molar-refractivity contribution >= 4 is 23.7 Å². The fourth-order valence-corrected chi connectivity index (χ4v) is 1.23. The predicted octanol–water partition coefficient (Wildman–Crippen LogP) is 0.948. The highest BCUT2D eigenvalue weighted by Crippen LogP contribution is 2.13. The topological polar surface area (TPSA) is 90.7 Å². The highest BCUT2D eigenvalue weighted by atomic mass is 35.5. The molecule has 0 radical (unpaired) electrons. The van der Waals surface area contributed by atoms with Crippen LogP contribution in [0.25, 0.3) is 0 Å². The first-order valence-electron chi connectivity index (χ1n) is 4.78. The van der Waals surface area contributed by atoms with E-state index in [4.69, 9.17) is 23.3 Å². The molecule has 0 spiro atoms. The number of aliphatic imine (C=N–C) groups is 1. The number of unbranched alkanes of at least 4 members (excludes halogenated alkanes) is 1. The summed E-state index contributed by atoms with van der Waals surface area (Å²) in [6, 6.07) is 0. The second kappa shape index (κ2) is 6.63. The van der Waals surface area contributed by atoms with Crippen LogP contribution in [0.4, 0.5) is 0 Å². The van der Waals surface area contributed by atoms with E-state index in [0.29, 0.717) is 18.8 Å². The molecule has 0 fully saturated rings. The summed E-state index contributed by atoms with van der Waals surface area (Å²) in [5.41, 5.74) is 10.0. The van der Waals surface area contributed by atoms with Crippen molar-refractivity contribution in [3.63, 3.8) is 0 Å². The van der Waals surface area contributed by atoms with Crippen LogP contribution in [0, 0.1) is 0 Å². The van der Waals surface area contributed by atoms with Crippen LogP contribution < -0.4 is 11.5 Å². The van der Waals surface area contributed by atoms with Crippen molar-refractivity contribution in [3.8, 4) is 0 Å². The second-order valence-electron chi connectivity index (χ2n) is 3.76. The first kappa shape index (κ1) is 14.2. The minimum Gasteiger partial charge on any atom is -0.388 e. The third-order valence-corrected chi connectivity index (χ3v) is 2.14. The van der Waals surface area contributed by atoms with E-state index in [2.05, 4.69) is 9.28 Å². The lowest BCUT2D eigenvalue weighted by atomic mass is 9.96. The first-order valence-corrected chi connectivity index (χ1v) is 5.09. The van der Waals surface area contributed by atoms with Crippen LogP contribution in [-0.2, 0) is 9.08 Å². The fourth-order valence-electron chi connectivity index (χ4n) is 1.05. The molecule has 0 aliphatic carbocycles. The molecular weight excluding hydrogens is 218 g/mol. The highest BCUT2D eigenvalue weighted by Gasteiger charge is 2.29. The minimum absolute atomic E-state index is 0.512. The number of nitrogens with two attached hydrogens (primary N) is 2. The van der Waals surface area contributed by atoms with Gasteiger partial charge in [-0.25, -0.2) is 4.79 Å². The summed E-state index contributed by atoms with van der Waals surface area (Å²) in [6.07, 6.45) is 2.12. The number of hydrogen-bond donors (Lipinski definition) is 2. The van der Waals surface area contributed by atoms with E-state index in [9.17, 15) is 4.79 Å². The summed E-state index contributed by atoms with van der Waals surface area (Å²) < 4.78 is 4.07. The van der Waals surface area contributed by atoms with E-state index in [0.717, 1.165) is 12.8 Å². The van der Waals surface area contributed by atoms with Crippen molar-refractivity contribution in [2.45, 2.75) is 38.6 Å². The monoisotopic (exact) mass is 235 g/mol.